The van der Waals surface area contributed by atoms with Gasteiger partial charge in [0.2, 0.25) is 5.91 Å². The highest BCUT2D eigenvalue weighted by Crippen LogP contribution is 2.26. The van der Waals surface area contributed by atoms with E-state index in [1.54, 1.807) is 0 Å². The number of aryl methyl sites for hydroxylation is 2. The summed E-state index contributed by atoms with van der Waals surface area (Å²) in [6.45, 7) is 6.00. The van der Waals surface area contributed by atoms with Gasteiger partial charge in [-0.05, 0) is 48.8 Å². The number of nitrogens with one attached hydrogen (secondary N) is 1. The van der Waals surface area contributed by atoms with Gasteiger partial charge in [0.25, 0.3) is 0 Å². The number of benzene rings is 2. The Bertz CT molecular complexity index is 709. The highest BCUT2D eigenvalue weighted by Gasteiger charge is 2.28. The fourth-order valence-electron chi connectivity index (χ4n) is 3.26. The molecule has 2 aromatic carbocycles. The molecule has 1 amide bonds. The first-order chi connectivity index (χ1) is 12.1. The van der Waals surface area contributed by atoms with Crippen molar-refractivity contribution in [2.45, 2.75) is 26.3 Å². The summed E-state index contributed by atoms with van der Waals surface area (Å²) >= 11 is 1.98. The Morgan fingerprint density at radius 3 is 2.68 bits per heavy atom. The van der Waals surface area contributed by atoms with E-state index in [2.05, 4.69) is 41.4 Å². The van der Waals surface area contributed by atoms with E-state index in [0.29, 0.717) is 0 Å². The highest BCUT2D eigenvalue weighted by molar-refractivity contribution is 7.99. The van der Waals surface area contributed by atoms with Crippen molar-refractivity contribution in [3.63, 3.8) is 0 Å². The van der Waals surface area contributed by atoms with Crippen LogP contribution in [-0.4, -0.2) is 35.4 Å². The lowest BCUT2D eigenvalue weighted by Crippen LogP contribution is -2.38. The standard InChI is InChI=1S/C21H26N2OS/c1-16-9-10-17(2)19(15-16)22-21(24)20(18-7-4-3-5-8-18)23-11-6-13-25-14-12-23/h3-5,7-10,15,20H,6,11-14H2,1-2H3,(H,22,24). The largest absolute Gasteiger partial charge is 0.324 e. The van der Waals surface area contributed by atoms with Crippen molar-refractivity contribution in [3.05, 3.63) is 65.2 Å². The van der Waals surface area contributed by atoms with Crippen LogP contribution in [0.5, 0.6) is 0 Å². The molecular formula is C21H26N2OS. The summed E-state index contributed by atoms with van der Waals surface area (Å²) < 4.78 is 0. The topological polar surface area (TPSA) is 32.3 Å². The van der Waals surface area contributed by atoms with Crippen molar-refractivity contribution < 1.29 is 4.79 Å². The number of amides is 1. The van der Waals surface area contributed by atoms with Crippen LogP contribution in [0, 0.1) is 13.8 Å². The molecule has 0 radical (unpaired) electrons. The van der Waals surface area contributed by atoms with E-state index in [1.165, 1.54) is 5.75 Å². The molecule has 1 N–H and O–H groups in total. The summed E-state index contributed by atoms with van der Waals surface area (Å²) in [7, 11) is 0. The van der Waals surface area contributed by atoms with Crippen LogP contribution in [0.15, 0.2) is 48.5 Å². The van der Waals surface area contributed by atoms with Crippen LogP contribution in [0.2, 0.25) is 0 Å². The predicted octanol–water partition coefficient (Wildman–Crippen LogP) is 4.42. The maximum atomic E-state index is 13.2. The number of hydrogen-bond acceptors (Lipinski definition) is 3. The molecule has 0 saturated carbocycles. The average molecular weight is 355 g/mol. The quantitative estimate of drug-likeness (QED) is 0.882. The summed E-state index contributed by atoms with van der Waals surface area (Å²) in [5.74, 6) is 2.32. The lowest BCUT2D eigenvalue weighted by molar-refractivity contribution is -0.121. The van der Waals surface area contributed by atoms with E-state index in [9.17, 15) is 4.79 Å². The van der Waals surface area contributed by atoms with Gasteiger partial charge in [0.15, 0.2) is 0 Å². The van der Waals surface area contributed by atoms with Gasteiger partial charge in [-0.2, -0.15) is 11.8 Å². The lowest BCUT2D eigenvalue weighted by Gasteiger charge is -2.30. The molecule has 3 rings (SSSR count). The second-order valence-corrected chi connectivity index (χ2v) is 7.85. The monoisotopic (exact) mass is 354 g/mol. The molecule has 0 spiro atoms. The van der Waals surface area contributed by atoms with E-state index < -0.39 is 0 Å². The Hall–Kier alpha value is -1.78. The van der Waals surface area contributed by atoms with Crippen molar-refractivity contribution >= 4 is 23.4 Å². The number of nitrogens with zero attached hydrogens (tertiary/aromatic N) is 1. The van der Waals surface area contributed by atoms with Gasteiger partial charge in [-0.3, -0.25) is 9.69 Å². The number of hydrogen-bond donors (Lipinski definition) is 1. The molecule has 1 unspecified atom stereocenters. The average Bonchev–Trinajstić information content (AvgIpc) is 2.89. The van der Waals surface area contributed by atoms with Crippen LogP contribution in [0.4, 0.5) is 5.69 Å². The fraction of sp³-hybridized carbons (Fsp3) is 0.381. The molecule has 0 bridgehead atoms. The normalized spacial score (nSPS) is 16.9. The highest BCUT2D eigenvalue weighted by atomic mass is 32.2. The molecular weight excluding hydrogens is 328 g/mol. The second kappa shape index (κ2) is 8.54. The molecule has 1 aliphatic rings. The molecule has 1 aliphatic heterocycles. The van der Waals surface area contributed by atoms with Crippen LogP contribution in [0.1, 0.15) is 29.2 Å². The molecule has 4 heteroatoms. The Kier molecular flexibility index (Phi) is 6.16. The van der Waals surface area contributed by atoms with E-state index in [0.717, 1.165) is 47.6 Å². The van der Waals surface area contributed by atoms with Gasteiger partial charge in [-0.25, -0.2) is 0 Å². The van der Waals surface area contributed by atoms with Crippen LogP contribution in [0.25, 0.3) is 0 Å². The van der Waals surface area contributed by atoms with Gasteiger partial charge >= 0.3 is 0 Å². The molecule has 1 atom stereocenters. The van der Waals surface area contributed by atoms with E-state index >= 15 is 0 Å². The minimum Gasteiger partial charge on any atom is -0.324 e. The molecule has 2 aromatic rings. The number of anilines is 1. The Morgan fingerprint density at radius 2 is 1.88 bits per heavy atom. The van der Waals surface area contributed by atoms with Crippen molar-refractivity contribution in [1.82, 2.24) is 4.90 Å². The van der Waals surface area contributed by atoms with Gasteiger partial charge in [-0.15, -0.1) is 0 Å². The van der Waals surface area contributed by atoms with Crippen LogP contribution < -0.4 is 5.32 Å². The summed E-state index contributed by atoms with van der Waals surface area (Å²) in [5, 5.41) is 3.18. The maximum Gasteiger partial charge on any atom is 0.246 e. The Morgan fingerprint density at radius 1 is 1.08 bits per heavy atom. The zero-order valence-electron chi connectivity index (χ0n) is 15.0. The predicted molar refractivity (Wildman–Crippen MR) is 107 cm³/mol. The van der Waals surface area contributed by atoms with Crippen molar-refractivity contribution in [3.8, 4) is 0 Å². The Balaban J connectivity index is 1.87. The smallest absolute Gasteiger partial charge is 0.246 e. The third-order valence-electron chi connectivity index (χ3n) is 4.64. The molecule has 1 fully saturated rings. The molecule has 1 heterocycles. The zero-order chi connectivity index (χ0) is 17.6. The first-order valence-electron chi connectivity index (χ1n) is 8.90. The third kappa shape index (κ3) is 4.65. The number of carbonyl (C=O) groups is 1. The summed E-state index contributed by atoms with van der Waals surface area (Å²) in [6.07, 6.45) is 1.13. The number of thioether (sulfide) groups is 1. The summed E-state index contributed by atoms with van der Waals surface area (Å²) in [5.41, 5.74) is 4.23. The maximum absolute atomic E-state index is 13.2. The minimum atomic E-state index is -0.236. The molecule has 25 heavy (non-hydrogen) atoms. The summed E-state index contributed by atoms with van der Waals surface area (Å²) in [4.78, 5) is 15.6. The van der Waals surface area contributed by atoms with Gasteiger partial charge in [0.1, 0.15) is 6.04 Å². The molecule has 3 nitrogen and oxygen atoms in total. The van der Waals surface area contributed by atoms with Gasteiger partial charge in [-0.1, -0.05) is 42.5 Å². The van der Waals surface area contributed by atoms with E-state index in [1.807, 2.05) is 43.0 Å². The van der Waals surface area contributed by atoms with Crippen LogP contribution in [-0.2, 0) is 4.79 Å². The molecule has 132 valence electrons. The van der Waals surface area contributed by atoms with E-state index in [-0.39, 0.29) is 11.9 Å². The minimum absolute atomic E-state index is 0.0619. The molecule has 0 aromatic heterocycles. The zero-order valence-corrected chi connectivity index (χ0v) is 15.8. The van der Waals surface area contributed by atoms with Crippen LogP contribution in [0.3, 0.4) is 0 Å². The lowest BCUT2D eigenvalue weighted by atomic mass is 10.0. The van der Waals surface area contributed by atoms with Crippen LogP contribution >= 0.6 is 11.8 Å². The van der Waals surface area contributed by atoms with Gasteiger partial charge < -0.3 is 5.32 Å². The Labute approximate surface area is 154 Å². The molecule has 0 aliphatic carbocycles. The van der Waals surface area contributed by atoms with Gasteiger partial charge in [0, 0.05) is 24.5 Å². The van der Waals surface area contributed by atoms with Gasteiger partial charge in [0.05, 0.1) is 0 Å². The fourth-order valence-corrected chi connectivity index (χ4v) is 4.16. The number of carbonyl (C=O) groups excluding carboxylic acids is 1. The first-order valence-corrected chi connectivity index (χ1v) is 10.1. The summed E-state index contributed by atoms with van der Waals surface area (Å²) in [6, 6.07) is 16.1. The van der Waals surface area contributed by atoms with E-state index in [4.69, 9.17) is 0 Å². The molecule has 1 saturated heterocycles. The van der Waals surface area contributed by atoms with Crippen molar-refractivity contribution in [1.29, 1.82) is 0 Å². The first kappa shape index (κ1) is 18.0. The number of rotatable bonds is 4. The van der Waals surface area contributed by atoms with Crippen molar-refractivity contribution in [2.75, 3.05) is 29.9 Å². The second-order valence-electron chi connectivity index (χ2n) is 6.62. The van der Waals surface area contributed by atoms with Crippen molar-refractivity contribution in [2.24, 2.45) is 0 Å². The SMILES string of the molecule is Cc1ccc(C)c(NC(=O)C(c2ccccc2)N2CCCSCC2)c1. The third-order valence-corrected chi connectivity index (χ3v) is 5.69.